The first-order valence-corrected chi connectivity index (χ1v) is 1.40. The van der Waals surface area contributed by atoms with Crippen molar-refractivity contribution in [2.24, 2.45) is 0 Å². The highest BCUT2D eigenvalue weighted by Crippen LogP contribution is 1.62. The van der Waals surface area contributed by atoms with Gasteiger partial charge in [-0.25, -0.2) is 4.63 Å². The molecule has 5 heteroatoms. The van der Waals surface area contributed by atoms with Crippen molar-refractivity contribution in [2.75, 3.05) is 0 Å². The smallest absolute Gasteiger partial charge is 0.120 e. The summed E-state index contributed by atoms with van der Waals surface area (Å²) < 4.78 is 4.08. The highest BCUT2D eigenvalue weighted by atomic mass is 16.6. The molecule has 0 spiro atoms. The molecule has 0 N–H and O–H groups in total. The van der Waals surface area contributed by atoms with E-state index in [1.54, 1.807) is 0 Å². The third-order valence-electron chi connectivity index (χ3n) is 0.283. The van der Waals surface area contributed by atoms with Crippen molar-refractivity contribution >= 4 is 0 Å². The topological polar surface area (TPSA) is 78.3 Å². The van der Waals surface area contributed by atoms with Crippen LogP contribution in [0, 0.1) is 4.91 Å². The summed E-state index contributed by atoms with van der Waals surface area (Å²) in [6.45, 7) is 0. The zero-order chi connectivity index (χ0) is 5.54. The fourth-order valence-electron chi connectivity index (χ4n) is 0.136. The van der Waals surface area contributed by atoms with Crippen LogP contribution in [-0.2, 0) is 0 Å². The average Bonchev–Trinajstić information content (AvgIpc) is 2.23. The molecule has 0 aliphatic heterocycles. The fraction of sp³-hybridized carbons (Fsp3) is 0. The maximum Gasteiger partial charge on any atom is 0.120 e. The molecule has 0 saturated heterocycles. The van der Waals surface area contributed by atoms with E-state index in [0.717, 1.165) is 0 Å². The van der Waals surface area contributed by atoms with Crippen LogP contribution in [0.1, 0.15) is 0 Å². The summed E-state index contributed by atoms with van der Waals surface area (Å²) in [4.78, 5) is 7.25. The van der Waals surface area contributed by atoms with Gasteiger partial charge >= 0.3 is 0 Å². The fourth-order valence-corrected chi connectivity index (χ4v) is 0.136. The van der Waals surface area contributed by atoms with Crippen LogP contribution in [0.3, 0.4) is 0 Å². The second kappa shape index (κ2) is 4.74. The molecule has 1 aromatic heterocycles. The van der Waals surface area contributed by atoms with Crippen LogP contribution < -0.4 is 5.59 Å². The van der Waals surface area contributed by atoms with E-state index in [2.05, 4.69) is 14.9 Å². The number of hydrogen-bond acceptors (Lipinski definition) is 4. The number of aromatic nitrogens is 2. The van der Waals surface area contributed by atoms with Crippen LogP contribution in [0.4, 0.5) is 0 Å². The highest BCUT2D eigenvalue weighted by Gasteiger charge is 1.61. The van der Waals surface area contributed by atoms with Crippen molar-refractivity contribution in [1.82, 2.24) is 15.9 Å². The Morgan fingerprint density at radius 3 is 1.86 bits per heavy atom. The summed E-state index contributed by atoms with van der Waals surface area (Å²) in [6.07, 6.45) is 2.94. The zero-order valence-corrected chi connectivity index (χ0v) is 3.31. The Bertz CT molecular complexity index is 77.8. The lowest BCUT2D eigenvalue weighted by Gasteiger charge is -1.45. The molecule has 1 radical (unpaired) electrons. The Hall–Kier alpha value is -1.26. The van der Waals surface area contributed by atoms with Crippen molar-refractivity contribution in [2.45, 2.75) is 0 Å². The molecule has 0 saturated carbocycles. The monoisotopic (exact) mass is 100 g/mol. The molecule has 0 bridgehead atoms. The van der Waals surface area contributed by atoms with Crippen molar-refractivity contribution in [3.63, 3.8) is 0 Å². The summed E-state index contributed by atoms with van der Waals surface area (Å²) in [7, 11) is 0. The molecule has 0 unspecified atom stereocenters. The standard InChI is InChI=1S/C2H2N2O.NO/c1-2-4-5-3-1;1-2/h1-2H;. The molecule has 0 aliphatic rings. The molecule has 1 rings (SSSR count). The van der Waals surface area contributed by atoms with E-state index in [-0.39, 0.29) is 0 Å². The zero-order valence-electron chi connectivity index (χ0n) is 3.31. The van der Waals surface area contributed by atoms with Gasteiger partial charge in [-0.15, -0.1) is 4.91 Å². The van der Waals surface area contributed by atoms with Gasteiger partial charge in [-0.2, -0.15) is 0 Å². The molecule has 5 nitrogen and oxygen atoms in total. The molecule has 0 atom stereocenters. The second-order valence-electron chi connectivity index (χ2n) is 0.591. The lowest BCUT2D eigenvalue weighted by molar-refractivity contribution is 0.307. The first-order valence-electron chi connectivity index (χ1n) is 1.40. The predicted molar refractivity (Wildman–Crippen MR) is 19.8 cm³/mol. The van der Waals surface area contributed by atoms with Crippen LogP contribution >= 0.6 is 0 Å². The third-order valence-corrected chi connectivity index (χ3v) is 0.283. The van der Waals surface area contributed by atoms with E-state index in [1.807, 2.05) is 0 Å². The normalized spacial score (nSPS) is 6.29. The lowest BCUT2D eigenvalue weighted by Crippen LogP contribution is -1.44. The Labute approximate surface area is 39.1 Å². The first kappa shape index (κ1) is 5.74. The molecule has 0 aromatic carbocycles. The van der Waals surface area contributed by atoms with E-state index < -0.39 is 0 Å². The first-order chi connectivity index (χ1) is 3.50. The summed E-state index contributed by atoms with van der Waals surface area (Å²) in [5, 5.41) is 6.47. The van der Waals surface area contributed by atoms with Crippen molar-refractivity contribution in [3.05, 3.63) is 17.3 Å². The summed E-state index contributed by atoms with van der Waals surface area (Å²) in [5.41, 5.74) is 5.75. The number of hydrogen-bond donors (Lipinski definition) is 0. The van der Waals surface area contributed by atoms with Gasteiger partial charge in [0.05, 0.1) is 12.4 Å². The maximum absolute atomic E-state index is 7.25. The lowest BCUT2D eigenvalue weighted by atomic mass is 11.0. The van der Waals surface area contributed by atoms with Gasteiger partial charge in [0.15, 0.2) is 0 Å². The van der Waals surface area contributed by atoms with Gasteiger partial charge in [-0.1, -0.05) is 10.3 Å². The minimum atomic E-state index is 1.47. The Morgan fingerprint density at radius 1 is 1.29 bits per heavy atom. The Balaban J connectivity index is 0.000000162. The van der Waals surface area contributed by atoms with Crippen LogP contribution in [0.2, 0.25) is 0 Å². The van der Waals surface area contributed by atoms with Crippen LogP contribution in [0.5, 0.6) is 0 Å². The van der Waals surface area contributed by atoms with Gasteiger partial charge in [-0.3, -0.25) is 0 Å². The number of rotatable bonds is 0. The molecule has 37 valence electrons. The van der Waals surface area contributed by atoms with Crippen LogP contribution in [-0.4, -0.2) is 10.3 Å². The quantitative estimate of drug-likeness (QED) is 0.445. The van der Waals surface area contributed by atoms with Crippen LogP contribution in [0.25, 0.3) is 0 Å². The van der Waals surface area contributed by atoms with Crippen molar-refractivity contribution in [3.8, 4) is 0 Å². The van der Waals surface area contributed by atoms with E-state index in [0.29, 0.717) is 0 Å². The molecule has 0 amide bonds. The van der Waals surface area contributed by atoms with Crippen molar-refractivity contribution in [1.29, 1.82) is 0 Å². The molecular formula is C2H2N3O2. The van der Waals surface area contributed by atoms with Crippen molar-refractivity contribution < 1.29 is 4.63 Å². The molecule has 0 aliphatic carbocycles. The minimum absolute atomic E-state index is 1.47. The van der Waals surface area contributed by atoms with E-state index in [1.165, 1.54) is 12.4 Å². The molecule has 7 heavy (non-hydrogen) atoms. The van der Waals surface area contributed by atoms with Gasteiger partial charge in [0.1, 0.15) is 5.59 Å². The SMILES string of the molecule is [N]=O.c1cnon1. The van der Waals surface area contributed by atoms with E-state index >= 15 is 0 Å². The Morgan fingerprint density at radius 2 is 1.71 bits per heavy atom. The highest BCUT2D eigenvalue weighted by molar-refractivity contribution is 4.51. The second-order valence-corrected chi connectivity index (χ2v) is 0.591. The van der Waals surface area contributed by atoms with Gasteiger partial charge in [0.2, 0.25) is 0 Å². The number of nitroso groups, excluding NO2 is 1. The summed E-state index contributed by atoms with van der Waals surface area (Å²) in [6, 6.07) is 0. The predicted octanol–water partition coefficient (Wildman–Crippen LogP) is -0.378. The molecule has 1 aromatic rings. The largest absolute Gasteiger partial charge is 0.245 e. The van der Waals surface area contributed by atoms with Crippen LogP contribution in [0.15, 0.2) is 17.0 Å². The van der Waals surface area contributed by atoms with Gasteiger partial charge in [0, 0.05) is 0 Å². The maximum atomic E-state index is 7.25. The summed E-state index contributed by atoms with van der Waals surface area (Å²) in [5.74, 6) is 0. The van der Waals surface area contributed by atoms with Gasteiger partial charge < -0.3 is 0 Å². The third kappa shape index (κ3) is 2.54. The number of nitrogens with zero attached hydrogens (tertiary/aromatic N) is 3. The van der Waals surface area contributed by atoms with E-state index in [4.69, 9.17) is 10.5 Å². The molecule has 1 heterocycles. The minimum Gasteiger partial charge on any atom is -0.245 e. The Kier molecular flexibility index (Phi) is 3.89. The molecule has 0 fully saturated rings. The van der Waals surface area contributed by atoms with E-state index in [9.17, 15) is 0 Å². The average molecular weight is 100 g/mol. The van der Waals surface area contributed by atoms with Gasteiger partial charge in [-0.05, 0) is 0 Å². The summed E-state index contributed by atoms with van der Waals surface area (Å²) >= 11 is 0. The van der Waals surface area contributed by atoms with Gasteiger partial charge in [0.25, 0.3) is 0 Å². The molecular weight excluding hydrogens is 98.0 g/mol.